The fourth-order valence-corrected chi connectivity index (χ4v) is 2.11. The number of amides is 1. The molecule has 2 rings (SSSR count). The van der Waals surface area contributed by atoms with E-state index in [9.17, 15) is 4.79 Å². The van der Waals surface area contributed by atoms with Crippen molar-refractivity contribution in [3.63, 3.8) is 0 Å². The molecule has 1 heterocycles. The molecule has 112 valence electrons. The lowest BCUT2D eigenvalue weighted by Gasteiger charge is -2.13. The van der Waals surface area contributed by atoms with Crippen LogP contribution in [0.3, 0.4) is 0 Å². The first-order chi connectivity index (χ1) is 10.1. The summed E-state index contributed by atoms with van der Waals surface area (Å²) in [6.45, 7) is 4.55. The second kappa shape index (κ2) is 7.04. The van der Waals surface area contributed by atoms with E-state index in [0.717, 1.165) is 11.3 Å². The average Bonchev–Trinajstić information content (AvgIpc) is 2.94. The molecule has 21 heavy (non-hydrogen) atoms. The summed E-state index contributed by atoms with van der Waals surface area (Å²) in [7, 11) is 0. The second-order valence-corrected chi connectivity index (χ2v) is 5.58. The van der Waals surface area contributed by atoms with E-state index in [1.54, 1.807) is 10.9 Å². The van der Waals surface area contributed by atoms with Crippen LogP contribution in [0.25, 0.3) is 5.69 Å². The minimum Gasteiger partial charge on any atom is -0.351 e. The molecule has 5 nitrogen and oxygen atoms in total. The van der Waals surface area contributed by atoms with Gasteiger partial charge in [0.15, 0.2) is 0 Å². The Hall–Kier alpha value is -2.14. The molecule has 1 amide bonds. The quantitative estimate of drug-likeness (QED) is 0.851. The molecule has 0 aliphatic rings. The van der Waals surface area contributed by atoms with Crippen molar-refractivity contribution in [3.05, 3.63) is 48.3 Å². The fourth-order valence-electron chi connectivity index (χ4n) is 2.11. The van der Waals surface area contributed by atoms with Gasteiger partial charge in [-0.2, -0.15) is 5.10 Å². The molecule has 3 N–H and O–H groups in total. The van der Waals surface area contributed by atoms with Gasteiger partial charge in [0.05, 0.1) is 17.9 Å². The Morgan fingerprint density at radius 1 is 1.33 bits per heavy atom. The molecule has 1 unspecified atom stereocenters. The molecule has 0 bridgehead atoms. The predicted molar refractivity (Wildman–Crippen MR) is 82.8 cm³/mol. The summed E-state index contributed by atoms with van der Waals surface area (Å²) >= 11 is 0. The highest BCUT2D eigenvalue weighted by Gasteiger charge is 2.14. The average molecular weight is 286 g/mol. The summed E-state index contributed by atoms with van der Waals surface area (Å²) in [4.78, 5) is 11.9. The largest absolute Gasteiger partial charge is 0.351 e. The van der Waals surface area contributed by atoms with Crippen LogP contribution < -0.4 is 11.1 Å². The lowest BCUT2D eigenvalue weighted by atomic mass is 10.0. The number of aromatic nitrogens is 2. The fraction of sp³-hybridized carbons (Fsp3) is 0.375. The molecule has 0 radical (unpaired) electrons. The number of carbonyl (C=O) groups is 1. The molecule has 0 saturated carbocycles. The molecule has 0 aliphatic carbocycles. The van der Waals surface area contributed by atoms with Crippen molar-refractivity contribution >= 4 is 5.91 Å². The van der Waals surface area contributed by atoms with Crippen LogP contribution in [0.1, 0.15) is 25.8 Å². The number of nitrogens with zero attached hydrogens (tertiary/aromatic N) is 2. The third-order valence-corrected chi connectivity index (χ3v) is 3.19. The molecule has 5 heteroatoms. The van der Waals surface area contributed by atoms with Crippen molar-refractivity contribution in [3.8, 4) is 5.69 Å². The van der Waals surface area contributed by atoms with E-state index in [2.05, 4.69) is 24.3 Å². The van der Waals surface area contributed by atoms with Gasteiger partial charge in [-0.05, 0) is 24.5 Å². The van der Waals surface area contributed by atoms with Crippen molar-refractivity contribution in [1.82, 2.24) is 15.1 Å². The molecule has 1 aromatic heterocycles. The van der Waals surface area contributed by atoms with E-state index in [1.807, 2.05) is 36.5 Å². The summed E-state index contributed by atoms with van der Waals surface area (Å²) in [5.41, 5.74) is 7.79. The zero-order valence-electron chi connectivity index (χ0n) is 12.5. The van der Waals surface area contributed by atoms with Crippen molar-refractivity contribution in [2.45, 2.75) is 32.9 Å². The van der Waals surface area contributed by atoms with Gasteiger partial charge in [-0.1, -0.05) is 32.0 Å². The number of nitrogens with one attached hydrogen (secondary N) is 1. The van der Waals surface area contributed by atoms with Crippen LogP contribution in [0.5, 0.6) is 0 Å². The van der Waals surface area contributed by atoms with Gasteiger partial charge in [0.1, 0.15) is 0 Å². The predicted octanol–water partition coefficient (Wildman–Crippen LogP) is 1.86. The number of rotatable bonds is 6. The molecule has 0 spiro atoms. The maximum atomic E-state index is 11.9. The van der Waals surface area contributed by atoms with Crippen molar-refractivity contribution < 1.29 is 4.79 Å². The van der Waals surface area contributed by atoms with Gasteiger partial charge in [-0.15, -0.1) is 0 Å². The van der Waals surface area contributed by atoms with Crippen LogP contribution in [-0.2, 0) is 11.3 Å². The molecular formula is C16H22N4O. The third-order valence-electron chi connectivity index (χ3n) is 3.19. The Balaban J connectivity index is 1.90. The minimum atomic E-state index is -0.450. The Kier molecular flexibility index (Phi) is 5.11. The van der Waals surface area contributed by atoms with E-state index in [1.165, 1.54) is 0 Å². The Morgan fingerprint density at radius 3 is 2.71 bits per heavy atom. The highest BCUT2D eigenvalue weighted by Crippen LogP contribution is 2.08. The number of carbonyl (C=O) groups excluding carboxylic acids is 1. The van der Waals surface area contributed by atoms with Gasteiger partial charge in [-0.25, -0.2) is 4.68 Å². The smallest absolute Gasteiger partial charge is 0.237 e. The van der Waals surface area contributed by atoms with E-state index in [0.29, 0.717) is 18.9 Å². The Morgan fingerprint density at radius 2 is 2.05 bits per heavy atom. The molecule has 0 aliphatic heterocycles. The van der Waals surface area contributed by atoms with E-state index in [-0.39, 0.29) is 5.91 Å². The van der Waals surface area contributed by atoms with Crippen LogP contribution in [0.2, 0.25) is 0 Å². The summed E-state index contributed by atoms with van der Waals surface area (Å²) in [5.74, 6) is 0.294. The third kappa shape index (κ3) is 4.43. The molecule has 1 atom stereocenters. The van der Waals surface area contributed by atoms with Crippen molar-refractivity contribution in [1.29, 1.82) is 0 Å². The van der Waals surface area contributed by atoms with Crippen LogP contribution in [0, 0.1) is 5.92 Å². The maximum absolute atomic E-state index is 11.9. The first kappa shape index (κ1) is 15.3. The Bertz CT molecular complexity index is 577. The molecule has 2 aromatic rings. The first-order valence-corrected chi connectivity index (χ1v) is 7.18. The standard InChI is InChI=1S/C16H22N4O/c1-12(2)8-15(17)16(21)18-9-13-10-19-20(11-13)14-6-4-3-5-7-14/h3-7,10-12,15H,8-9,17H2,1-2H3,(H,18,21). The number of benzene rings is 1. The highest BCUT2D eigenvalue weighted by molar-refractivity contribution is 5.81. The monoisotopic (exact) mass is 286 g/mol. The number of nitrogens with two attached hydrogens (primary N) is 1. The van der Waals surface area contributed by atoms with Gasteiger partial charge in [0, 0.05) is 18.3 Å². The molecule has 1 aromatic carbocycles. The van der Waals surface area contributed by atoms with E-state index in [4.69, 9.17) is 5.73 Å². The van der Waals surface area contributed by atoms with Gasteiger partial charge in [0.25, 0.3) is 0 Å². The topological polar surface area (TPSA) is 72.9 Å². The van der Waals surface area contributed by atoms with Gasteiger partial charge in [0.2, 0.25) is 5.91 Å². The number of hydrogen-bond donors (Lipinski definition) is 2. The SMILES string of the molecule is CC(C)CC(N)C(=O)NCc1cnn(-c2ccccc2)c1. The van der Waals surface area contributed by atoms with Crippen molar-refractivity contribution in [2.24, 2.45) is 11.7 Å². The number of hydrogen-bond acceptors (Lipinski definition) is 3. The lowest BCUT2D eigenvalue weighted by Crippen LogP contribution is -2.40. The second-order valence-electron chi connectivity index (χ2n) is 5.58. The van der Waals surface area contributed by atoms with Gasteiger partial charge in [-0.3, -0.25) is 4.79 Å². The van der Waals surface area contributed by atoms with Gasteiger partial charge < -0.3 is 11.1 Å². The zero-order valence-corrected chi connectivity index (χ0v) is 12.5. The normalized spacial score (nSPS) is 12.4. The van der Waals surface area contributed by atoms with E-state index >= 15 is 0 Å². The van der Waals surface area contributed by atoms with Crippen LogP contribution in [-0.4, -0.2) is 21.7 Å². The maximum Gasteiger partial charge on any atom is 0.237 e. The minimum absolute atomic E-state index is 0.115. The van der Waals surface area contributed by atoms with Crippen LogP contribution >= 0.6 is 0 Å². The van der Waals surface area contributed by atoms with E-state index < -0.39 is 6.04 Å². The number of para-hydroxylation sites is 1. The summed E-state index contributed by atoms with van der Waals surface area (Å²) in [6.07, 6.45) is 4.35. The first-order valence-electron chi connectivity index (χ1n) is 7.18. The molecular weight excluding hydrogens is 264 g/mol. The molecule has 0 saturated heterocycles. The zero-order chi connectivity index (χ0) is 15.2. The highest BCUT2D eigenvalue weighted by atomic mass is 16.2. The van der Waals surface area contributed by atoms with Gasteiger partial charge >= 0.3 is 0 Å². The Labute approximate surface area is 125 Å². The summed E-state index contributed by atoms with van der Waals surface area (Å²) < 4.78 is 1.79. The summed E-state index contributed by atoms with van der Waals surface area (Å²) in [6, 6.07) is 9.40. The summed E-state index contributed by atoms with van der Waals surface area (Å²) in [5, 5.41) is 7.14. The van der Waals surface area contributed by atoms with Crippen molar-refractivity contribution in [2.75, 3.05) is 0 Å². The molecule has 0 fully saturated rings. The van der Waals surface area contributed by atoms with Crippen LogP contribution in [0.15, 0.2) is 42.7 Å². The lowest BCUT2D eigenvalue weighted by molar-refractivity contribution is -0.122. The van der Waals surface area contributed by atoms with Crippen LogP contribution in [0.4, 0.5) is 0 Å².